The van der Waals surface area contributed by atoms with Crippen molar-refractivity contribution in [1.29, 1.82) is 0 Å². The van der Waals surface area contributed by atoms with E-state index in [1.807, 2.05) is 7.05 Å². The fourth-order valence-corrected chi connectivity index (χ4v) is 3.04. The molecule has 3 heterocycles. The second kappa shape index (κ2) is 5.46. The Morgan fingerprint density at radius 2 is 2.10 bits per heavy atom. The van der Waals surface area contributed by atoms with E-state index in [-0.39, 0.29) is 12.1 Å². The lowest BCUT2D eigenvalue weighted by Gasteiger charge is -2.46. The Morgan fingerprint density at radius 1 is 1.29 bits per heavy atom. The Labute approximate surface area is 121 Å². The van der Waals surface area contributed by atoms with Gasteiger partial charge in [-0.25, -0.2) is 4.98 Å². The molecular formula is C14H18F3N3O. The third-order valence-corrected chi connectivity index (χ3v) is 4.16. The summed E-state index contributed by atoms with van der Waals surface area (Å²) in [6.07, 6.45) is -2.35. The number of ether oxygens (including phenoxy) is 1. The molecule has 3 rings (SSSR count). The van der Waals surface area contributed by atoms with Gasteiger partial charge in [-0.3, -0.25) is 0 Å². The van der Waals surface area contributed by atoms with Crippen LogP contribution >= 0.6 is 0 Å². The normalized spacial score (nSPS) is 27.5. The van der Waals surface area contributed by atoms with Crippen molar-refractivity contribution in [1.82, 2.24) is 9.88 Å². The SMILES string of the molecule is CN1CCC2OCCN(c3ccc(C(F)(F)F)cn3)C2C1. The summed E-state index contributed by atoms with van der Waals surface area (Å²) in [5, 5.41) is 0. The van der Waals surface area contributed by atoms with Gasteiger partial charge in [0, 0.05) is 25.8 Å². The van der Waals surface area contributed by atoms with Gasteiger partial charge in [0.2, 0.25) is 0 Å². The largest absolute Gasteiger partial charge is 0.417 e. The van der Waals surface area contributed by atoms with Gasteiger partial charge in [-0.15, -0.1) is 0 Å². The lowest BCUT2D eigenvalue weighted by Crippen LogP contribution is -2.59. The molecule has 2 aliphatic heterocycles. The van der Waals surface area contributed by atoms with Crippen LogP contribution in [0.4, 0.5) is 19.0 Å². The molecule has 2 saturated heterocycles. The van der Waals surface area contributed by atoms with E-state index in [0.29, 0.717) is 19.0 Å². The van der Waals surface area contributed by atoms with Crippen molar-refractivity contribution in [3.05, 3.63) is 23.9 Å². The lowest BCUT2D eigenvalue weighted by molar-refractivity contribution is -0.137. The monoisotopic (exact) mass is 301 g/mol. The average Bonchev–Trinajstić information content (AvgIpc) is 2.46. The Hall–Kier alpha value is -1.34. The molecule has 1 aromatic rings. The zero-order valence-corrected chi connectivity index (χ0v) is 11.8. The van der Waals surface area contributed by atoms with Crippen LogP contribution in [0, 0.1) is 0 Å². The number of hydrogen-bond donors (Lipinski definition) is 0. The van der Waals surface area contributed by atoms with Gasteiger partial charge in [0.25, 0.3) is 0 Å². The molecule has 0 radical (unpaired) electrons. The molecule has 0 aliphatic carbocycles. The van der Waals surface area contributed by atoms with E-state index in [4.69, 9.17) is 4.74 Å². The van der Waals surface area contributed by atoms with Crippen molar-refractivity contribution in [3.63, 3.8) is 0 Å². The number of likely N-dealkylation sites (N-methyl/N-ethyl adjacent to an activating group) is 1. The smallest absolute Gasteiger partial charge is 0.374 e. The van der Waals surface area contributed by atoms with Crippen LogP contribution in [-0.2, 0) is 10.9 Å². The molecule has 0 aromatic carbocycles. The number of nitrogens with zero attached hydrogens (tertiary/aromatic N) is 3. The van der Waals surface area contributed by atoms with E-state index < -0.39 is 11.7 Å². The zero-order valence-electron chi connectivity index (χ0n) is 11.8. The van der Waals surface area contributed by atoms with Crippen LogP contribution in [0.2, 0.25) is 0 Å². The number of rotatable bonds is 1. The summed E-state index contributed by atoms with van der Waals surface area (Å²) in [5.74, 6) is 0.594. The second-order valence-corrected chi connectivity index (χ2v) is 5.62. The third-order valence-electron chi connectivity index (χ3n) is 4.16. The molecule has 0 N–H and O–H groups in total. The molecule has 0 bridgehead atoms. The Balaban J connectivity index is 1.81. The topological polar surface area (TPSA) is 28.6 Å². The van der Waals surface area contributed by atoms with Gasteiger partial charge in [-0.05, 0) is 25.6 Å². The summed E-state index contributed by atoms with van der Waals surface area (Å²) in [6.45, 7) is 3.07. The first-order chi connectivity index (χ1) is 9.95. The minimum absolute atomic E-state index is 0.138. The van der Waals surface area contributed by atoms with Crippen molar-refractivity contribution in [2.45, 2.75) is 24.7 Å². The minimum Gasteiger partial charge on any atom is -0.374 e. The maximum atomic E-state index is 12.6. The molecule has 2 atom stereocenters. The molecule has 2 fully saturated rings. The average molecular weight is 301 g/mol. The fourth-order valence-electron chi connectivity index (χ4n) is 3.04. The number of hydrogen-bond acceptors (Lipinski definition) is 4. The molecule has 1 aromatic heterocycles. The predicted octanol–water partition coefficient (Wildman–Crippen LogP) is 2.01. The molecule has 116 valence electrons. The van der Waals surface area contributed by atoms with Gasteiger partial charge in [0.05, 0.1) is 24.3 Å². The van der Waals surface area contributed by atoms with Crippen LogP contribution < -0.4 is 4.90 Å². The highest BCUT2D eigenvalue weighted by Gasteiger charge is 2.37. The Kier molecular flexibility index (Phi) is 3.79. The van der Waals surface area contributed by atoms with E-state index in [0.717, 1.165) is 31.8 Å². The van der Waals surface area contributed by atoms with Crippen molar-refractivity contribution >= 4 is 5.82 Å². The van der Waals surface area contributed by atoms with Gasteiger partial charge in [0.1, 0.15) is 5.82 Å². The summed E-state index contributed by atoms with van der Waals surface area (Å²) >= 11 is 0. The summed E-state index contributed by atoms with van der Waals surface area (Å²) in [6, 6.07) is 2.71. The van der Waals surface area contributed by atoms with Crippen LogP contribution in [0.5, 0.6) is 0 Å². The molecule has 4 nitrogen and oxygen atoms in total. The van der Waals surface area contributed by atoms with Gasteiger partial charge in [0.15, 0.2) is 0 Å². The van der Waals surface area contributed by atoms with Crippen molar-refractivity contribution in [3.8, 4) is 0 Å². The first-order valence-electron chi connectivity index (χ1n) is 7.05. The number of piperidine rings is 1. The first-order valence-corrected chi connectivity index (χ1v) is 7.05. The number of anilines is 1. The number of pyridine rings is 1. The predicted molar refractivity (Wildman–Crippen MR) is 72.2 cm³/mol. The van der Waals surface area contributed by atoms with E-state index in [1.165, 1.54) is 6.07 Å². The number of halogens is 3. The summed E-state index contributed by atoms with van der Waals surface area (Å²) in [5.41, 5.74) is -0.711. The van der Waals surface area contributed by atoms with Crippen LogP contribution in [0.1, 0.15) is 12.0 Å². The van der Waals surface area contributed by atoms with Gasteiger partial charge in [-0.2, -0.15) is 13.2 Å². The van der Waals surface area contributed by atoms with Gasteiger partial charge >= 0.3 is 6.18 Å². The number of morpholine rings is 1. The quantitative estimate of drug-likeness (QED) is 0.793. The van der Waals surface area contributed by atoms with E-state index in [1.54, 1.807) is 0 Å². The van der Waals surface area contributed by atoms with E-state index in [2.05, 4.69) is 14.8 Å². The highest BCUT2D eigenvalue weighted by molar-refractivity contribution is 5.42. The van der Waals surface area contributed by atoms with Crippen molar-refractivity contribution < 1.29 is 17.9 Å². The lowest BCUT2D eigenvalue weighted by atomic mass is 9.99. The van der Waals surface area contributed by atoms with E-state index >= 15 is 0 Å². The number of alkyl halides is 3. The van der Waals surface area contributed by atoms with Crippen LogP contribution in [-0.4, -0.2) is 55.3 Å². The fraction of sp³-hybridized carbons (Fsp3) is 0.643. The second-order valence-electron chi connectivity index (χ2n) is 5.62. The molecule has 21 heavy (non-hydrogen) atoms. The first kappa shape index (κ1) is 14.6. The molecule has 2 aliphatic rings. The summed E-state index contributed by atoms with van der Waals surface area (Å²) in [4.78, 5) is 8.31. The van der Waals surface area contributed by atoms with Gasteiger partial charge < -0.3 is 14.5 Å². The highest BCUT2D eigenvalue weighted by atomic mass is 19.4. The summed E-state index contributed by atoms with van der Waals surface area (Å²) in [7, 11) is 2.04. The maximum Gasteiger partial charge on any atom is 0.417 e. The Morgan fingerprint density at radius 3 is 2.76 bits per heavy atom. The molecule has 0 amide bonds. The van der Waals surface area contributed by atoms with Crippen LogP contribution in [0.15, 0.2) is 18.3 Å². The minimum atomic E-state index is -4.34. The molecule has 7 heteroatoms. The van der Waals surface area contributed by atoms with Crippen LogP contribution in [0.25, 0.3) is 0 Å². The number of fused-ring (bicyclic) bond motifs is 1. The summed E-state index contributed by atoms with van der Waals surface area (Å²) < 4.78 is 43.6. The van der Waals surface area contributed by atoms with Gasteiger partial charge in [-0.1, -0.05) is 0 Å². The zero-order chi connectivity index (χ0) is 15.0. The van der Waals surface area contributed by atoms with E-state index in [9.17, 15) is 13.2 Å². The van der Waals surface area contributed by atoms with Crippen molar-refractivity contribution in [2.24, 2.45) is 0 Å². The molecule has 0 saturated carbocycles. The standard InChI is InChI=1S/C14H18F3N3O/c1-19-5-4-12-11(9-19)20(6-7-21-12)13-3-2-10(8-18-13)14(15,16)17/h2-3,8,11-12H,4-7,9H2,1H3. The highest BCUT2D eigenvalue weighted by Crippen LogP contribution is 2.31. The Bertz CT molecular complexity index is 491. The number of likely N-dealkylation sites (tertiary alicyclic amines) is 1. The van der Waals surface area contributed by atoms with Crippen LogP contribution in [0.3, 0.4) is 0 Å². The molecule has 0 spiro atoms. The maximum absolute atomic E-state index is 12.6. The third kappa shape index (κ3) is 2.98. The number of aromatic nitrogens is 1. The molecular weight excluding hydrogens is 283 g/mol. The van der Waals surface area contributed by atoms with Crippen molar-refractivity contribution in [2.75, 3.05) is 38.2 Å². The molecule has 2 unspecified atom stereocenters.